The number of ether oxygens (including phenoxy) is 1. The van der Waals surface area contributed by atoms with Gasteiger partial charge in [-0.2, -0.15) is 0 Å². The van der Waals surface area contributed by atoms with Crippen LogP contribution in [0.5, 0.6) is 0 Å². The molecule has 35 heavy (non-hydrogen) atoms. The predicted molar refractivity (Wildman–Crippen MR) is 131 cm³/mol. The number of carbonyl (C=O) groups is 2. The highest BCUT2D eigenvalue weighted by atomic mass is 19.1. The third kappa shape index (κ3) is 7.01. The molecule has 2 heterocycles. The summed E-state index contributed by atoms with van der Waals surface area (Å²) in [5, 5.41) is 5.72. The van der Waals surface area contributed by atoms with Crippen LogP contribution in [0.1, 0.15) is 84.1 Å². The third-order valence-corrected chi connectivity index (χ3v) is 6.79. The zero-order valence-corrected chi connectivity index (χ0v) is 20.1. The van der Waals surface area contributed by atoms with Crippen LogP contribution in [0.25, 0.3) is 0 Å². The van der Waals surface area contributed by atoms with Crippen molar-refractivity contribution in [2.45, 2.75) is 83.0 Å². The second-order valence-electron chi connectivity index (χ2n) is 9.57. The van der Waals surface area contributed by atoms with Crippen molar-refractivity contribution < 1.29 is 18.7 Å². The molecule has 1 atom stereocenters. The van der Waals surface area contributed by atoms with E-state index in [-0.39, 0.29) is 29.8 Å². The van der Waals surface area contributed by atoms with Crippen molar-refractivity contribution in [3.05, 3.63) is 69.4 Å². The van der Waals surface area contributed by atoms with Crippen molar-refractivity contribution in [1.82, 2.24) is 15.2 Å². The van der Waals surface area contributed by atoms with Gasteiger partial charge in [0.2, 0.25) is 5.43 Å². The molecule has 7 nitrogen and oxygen atoms in total. The zero-order chi connectivity index (χ0) is 24.6. The summed E-state index contributed by atoms with van der Waals surface area (Å²) in [5.74, 6) is -1.44. The second-order valence-corrected chi connectivity index (χ2v) is 9.57. The minimum Gasteiger partial charge on any atom is -0.376 e. The first-order valence-corrected chi connectivity index (χ1v) is 12.7. The number of rotatable bonds is 7. The number of benzene rings is 1. The van der Waals surface area contributed by atoms with Crippen LogP contribution < -0.4 is 16.1 Å². The number of amides is 2. The summed E-state index contributed by atoms with van der Waals surface area (Å²) >= 11 is 0. The quantitative estimate of drug-likeness (QED) is 0.624. The van der Waals surface area contributed by atoms with Gasteiger partial charge in [-0.25, -0.2) is 4.39 Å². The van der Waals surface area contributed by atoms with E-state index in [2.05, 4.69) is 10.6 Å². The lowest BCUT2D eigenvalue weighted by Crippen LogP contribution is -2.40. The Morgan fingerprint density at radius 3 is 2.37 bits per heavy atom. The molecule has 2 amide bonds. The maximum absolute atomic E-state index is 13.5. The lowest BCUT2D eigenvalue weighted by Gasteiger charge is -2.21. The van der Waals surface area contributed by atoms with Crippen molar-refractivity contribution in [1.29, 1.82) is 0 Å². The van der Waals surface area contributed by atoms with Gasteiger partial charge in [-0.1, -0.05) is 44.2 Å². The number of carbonyl (C=O) groups excluding carboxylic acids is 2. The van der Waals surface area contributed by atoms with Crippen LogP contribution in [0, 0.1) is 5.82 Å². The molecule has 0 spiro atoms. The van der Waals surface area contributed by atoms with Crippen molar-refractivity contribution in [3.8, 4) is 0 Å². The fraction of sp³-hybridized carbons (Fsp3) is 0.519. The second kappa shape index (κ2) is 12.1. The normalized spacial score (nSPS) is 19.1. The lowest BCUT2D eigenvalue weighted by atomic mass is 9.96. The molecule has 0 radical (unpaired) electrons. The smallest absolute Gasteiger partial charge is 0.257 e. The number of nitrogens with one attached hydrogen (secondary N) is 2. The van der Waals surface area contributed by atoms with Gasteiger partial charge in [0.25, 0.3) is 11.8 Å². The summed E-state index contributed by atoms with van der Waals surface area (Å²) < 4.78 is 20.9. The van der Waals surface area contributed by atoms with E-state index >= 15 is 0 Å². The Bertz CT molecular complexity index is 1090. The molecule has 1 saturated carbocycles. The molecule has 0 bridgehead atoms. The largest absolute Gasteiger partial charge is 0.376 e. The van der Waals surface area contributed by atoms with Crippen LogP contribution in [0.2, 0.25) is 0 Å². The van der Waals surface area contributed by atoms with Crippen molar-refractivity contribution in [2.24, 2.45) is 0 Å². The molecule has 1 aliphatic carbocycles. The minimum absolute atomic E-state index is 0.0257. The van der Waals surface area contributed by atoms with Gasteiger partial charge in [-0.05, 0) is 43.4 Å². The molecule has 2 fully saturated rings. The minimum atomic E-state index is -0.603. The molecule has 1 saturated heterocycles. The van der Waals surface area contributed by atoms with Crippen molar-refractivity contribution >= 4 is 11.8 Å². The van der Waals surface area contributed by atoms with Gasteiger partial charge in [0.05, 0.1) is 6.10 Å². The summed E-state index contributed by atoms with van der Waals surface area (Å²) in [4.78, 5) is 39.4. The van der Waals surface area contributed by atoms with E-state index < -0.39 is 23.1 Å². The van der Waals surface area contributed by atoms with Gasteiger partial charge < -0.3 is 19.9 Å². The fourth-order valence-corrected chi connectivity index (χ4v) is 4.87. The molecule has 1 aliphatic heterocycles. The van der Waals surface area contributed by atoms with Crippen LogP contribution >= 0.6 is 0 Å². The maximum Gasteiger partial charge on any atom is 0.257 e. The van der Waals surface area contributed by atoms with Gasteiger partial charge in [-0.3, -0.25) is 14.4 Å². The monoisotopic (exact) mass is 483 g/mol. The Morgan fingerprint density at radius 1 is 0.971 bits per heavy atom. The van der Waals surface area contributed by atoms with E-state index in [0.29, 0.717) is 18.7 Å². The molecule has 8 heteroatoms. The van der Waals surface area contributed by atoms with Gasteiger partial charge in [-0.15, -0.1) is 0 Å². The summed E-state index contributed by atoms with van der Waals surface area (Å²) in [5.41, 5.74) is -0.168. The summed E-state index contributed by atoms with van der Waals surface area (Å²) in [6, 6.07) is 5.94. The topological polar surface area (TPSA) is 89.4 Å². The standard InChI is InChI=1S/C27H34FN3O4/c28-20-9-6-8-19(14-20)15-29-26(33)23-17-31(16-22-12-7-13-35-22)18-24(25(23)32)27(34)30-21-10-4-2-1-3-5-11-21/h6,8-9,14,17-18,21-22H,1-5,7,10-13,15-16H2,(H,29,33)(H,30,34)/t22-/m0/s1. The highest BCUT2D eigenvalue weighted by Gasteiger charge is 2.23. The predicted octanol–water partition coefficient (Wildman–Crippen LogP) is 3.94. The van der Waals surface area contributed by atoms with Crippen LogP contribution in [0.4, 0.5) is 4.39 Å². The molecule has 1 aromatic carbocycles. The molecular formula is C27H34FN3O4. The van der Waals surface area contributed by atoms with E-state index in [4.69, 9.17) is 4.74 Å². The molecule has 188 valence electrons. The van der Waals surface area contributed by atoms with Crippen LogP contribution in [0.15, 0.2) is 41.5 Å². The van der Waals surface area contributed by atoms with Gasteiger partial charge in [0.15, 0.2) is 0 Å². The number of nitrogens with zero attached hydrogens (tertiary/aromatic N) is 1. The number of halogens is 1. The van der Waals surface area contributed by atoms with Crippen LogP contribution in [-0.4, -0.2) is 35.1 Å². The first-order chi connectivity index (χ1) is 17.0. The summed E-state index contributed by atoms with van der Waals surface area (Å²) in [6.45, 7) is 1.20. The highest BCUT2D eigenvalue weighted by Crippen LogP contribution is 2.18. The average molecular weight is 484 g/mol. The van der Waals surface area contributed by atoms with Crippen molar-refractivity contribution in [2.75, 3.05) is 6.61 Å². The molecular weight excluding hydrogens is 449 g/mol. The van der Waals surface area contributed by atoms with Crippen LogP contribution in [-0.2, 0) is 17.8 Å². The van der Waals surface area contributed by atoms with Gasteiger partial charge in [0, 0.05) is 38.1 Å². The molecule has 4 rings (SSSR count). The highest BCUT2D eigenvalue weighted by molar-refractivity contribution is 5.99. The summed E-state index contributed by atoms with van der Waals surface area (Å²) in [7, 11) is 0. The molecule has 1 aromatic heterocycles. The number of aromatic nitrogens is 1. The van der Waals surface area contributed by atoms with E-state index in [1.807, 2.05) is 0 Å². The molecule has 0 unspecified atom stereocenters. The lowest BCUT2D eigenvalue weighted by molar-refractivity contribution is 0.0914. The SMILES string of the molecule is O=C(NCc1cccc(F)c1)c1cn(C[C@@H]2CCCO2)cc(C(=O)NC2CCCCCCC2)c1=O. The van der Waals surface area contributed by atoms with Gasteiger partial charge in [0.1, 0.15) is 16.9 Å². The molecule has 2 aliphatic rings. The van der Waals surface area contributed by atoms with Gasteiger partial charge >= 0.3 is 0 Å². The number of hydrogen-bond acceptors (Lipinski definition) is 4. The van der Waals surface area contributed by atoms with Crippen LogP contribution in [0.3, 0.4) is 0 Å². The van der Waals surface area contributed by atoms with E-state index in [9.17, 15) is 18.8 Å². The number of pyridine rings is 1. The first kappa shape index (κ1) is 25.1. The van der Waals surface area contributed by atoms with E-state index in [1.165, 1.54) is 30.9 Å². The maximum atomic E-state index is 13.5. The van der Waals surface area contributed by atoms with E-state index in [0.717, 1.165) is 51.4 Å². The Kier molecular flexibility index (Phi) is 8.69. The Balaban J connectivity index is 1.55. The fourth-order valence-electron chi connectivity index (χ4n) is 4.87. The van der Waals surface area contributed by atoms with E-state index in [1.54, 1.807) is 16.7 Å². The third-order valence-electron chi connectivity index (χ3n) is 6.79. The number of hydrogen-bond donors (Lipinski definition) is 2. The first-order valence-electron chi connectivity index (χ1n) is 12.7. The summed E-state index contributed by atoms with van der Waals surface area (Å²) in [6.07, 6.45) is 12.3. The zero-order valence-electron chi connectivity index (χ0n) is 20.1. The molecule has 2 aromatic rings. The Hall–Kier alpha value is -3.00. The molecule has 2 N–H and O–H groups in total. The Labute approximate surface area is 205 Å². The Morgan fingerprint density at radius 2 is 1.69 bits per heavy atom. The van der Waals surface area contributed by atoms with Crippen molar-refractivity contribution in [3.63, 3.8) is 0 Å². The average Bonchev–Trinajstić information content (AvgIpc) is 3.33.